The van der Waals surface area contributed by atoms with Crippen molar-refractivity contribution in [3.63, 3.8) is 0 Å². The molecule has 4 nitrogen and oxygen atoms in total. The lowest BCUT2D eigenvalue weighted by Crippen LogP contribution is -1.99. The molecule has 2 N–H and O–H groups in total. The van der Waals surface area contributed by atoms with Crippen molar-refractivity contribution in [1.29, 1.82) is 0 Å². The summed E-state index contributed by atoms with van der Waals surface area (Å²) in [5.41, 5.74) is 7.28. The van der Waals surface area contributed by atoms with E-state index in [1.807, 2.05) is 13.0 Å². The Labute approximate surface area is 98.7 Å². The van der Waals surface area contributed by atoms with Crippen LogP contribution in [0.25, 0.3) is 5.69 Å². The molecule has 0 spiro atoms. The summed E-state index contributed by atoms with van der Waals surface area (Å²) in [7, 11) is 0. The summed E-state index contributed by atoms with van der Waals surface area (Å²) in [6.07, 6.45) is 1.62. The Hall–Kier alpha value is -1.46. The third-order valence-electron chi connectivity index (χ3n) is 2.10. The van der Waals surface area contributed by atoms with Crippen molar-refractivity contribution in [2.75, 3.05) is 0 Å². The maximum absolute atomic E-state index is 13.5. The van der Waals surface area contributed by atoms with Crippen LogP contribution < -0.4 is 5.73 Å². The second kappa shape index (κ2) is 5.05. The molecule has 0 saturated carbocycles. The van der Waals surface area contributed by atoms with Crippen LogP contribution in [0.1, 0.15) is 11.3 Å². The molecule has 86 valence electrons. The highest BCUT2D eigenvalue weighted by Gasteiger charge is 2.06. The molecule has 0 atom stereocenters. The summed E-state index contributed by atoms with van der Waals surface area (Å²) in [5.74, 6) is -0.316. The molecule has 2 rings (SSSR count). The van der Waals surface area contributed by atoms with Crippen molar-refractivity contribution in [3.8, 4) is 5.69 Å². The van der Waals surface area contributed by atoms with Gasteiger partial charge in [-0.25, -0.2) is 9.07 Å². The number of aryl methyl sites for hydroxylation is 1. The lowest BCUT2D eigenvalue weighted by Gasteiger charge is -2.02. The van der Waals surface area contributed by atoms with Gasteiger partial charge in [-0.05, 0) is 24.6 Å². The van der Waals surface area contributed by atoms with Crippen molar-refractivity contribution >= 4 is 12.4 Å². The molecule has 0 aliphatic heterocycles. The number of halogens is 2. The fraction of sp³-hybridized carbons (Fsp3) is 0.200. The van der Waals surface area contributed by atoms with Gasteiger partial charge >= 0.3 is 0 Å². The molecule has 0 aliphatic carbocycles. The Morgan fingerprint density at radius 3 is 2.75 bits per heavy atom. The molecule has 0 amide bonds. The standard InChI is InChI=1S/C10H11FN4.ClH/c1-7-2-3-10(9(11)4-7)15-6-8(5-12)13-14-15;/h2-4,6H,5,12H2,1H3;1H. The molecule has 1 heterocycles. The lowest BCUT2D eigenvalue weighted by atomic mass is 10.2. The van der Waals surface area contributed by atoms with Gasteiger partial charge < -0.3 is 5.73 Å². The zero-order chi connectivity index (χ0) is 10.8. The van der Waals surface area contributed by atoms with Gasteiger partial charge in [-0.15, -0.1) is 17.5 Å². The van der Waals surface area contributed by atoms with Gasteiger partial charge in [0.15, 0.2) is 0 Å². The Balaban J connectivity index is 0.00000128. The fourth-order valence-corrected chi connectivity index (χ4v) is 1.31. The summed E-state index contributed by atoms with van der Waals surface area (Å²) in [6, 6.07) is 4.95. The topological polar surface area (TPSA) is 56.7 Å². The molecule has 0 unspecified atom stereocenters. The molecule has 0 saturated heterocycles. The number of rotatable bonds is 2. The first-order chi connectivity index (χ1) is 7.20. The van der Waals surface area contributed by atoms with Crippen LogP contribution in [0.4, 0.5) is 4.39 Å². The maximum atomic E-state index is 13.5. The highest BCUT2D eigenvalue weighted by atomic mass is 35.5. The molecule has 1 aromatic carbocycles. The fourth-order valence-electron chi connectivity index (χ4n) is 1.31. The normalized spacial score (nSPS) is 9.94. The summed E-state index contributed by atoms with van der Waals surface area (Å²) >= 11 is 0. The number of hydrogen-bond acceptors (Lipinski definition) is 3. The highest BCUT2D eigenvalue weighted by Crippen LogP contribution is 2.13. The molecular formula is C10H12ClFN4. The monoisotopic (exact) mass is 242 g/mol. The molecule has 2 aromatic rings. The second-order valence-corrected chi connectivity index (χ2v) is 3.31. The van der Waals surface area contributed by atoms with Crippen molar-refractivity contribution < 1.29 is 4.39 Å². The first-order valence-electron chi connectivity index (χ1n) is 4.58. The highest BCUT2D eigenvalue weighted by molar-refractivity contribution is 5.85. The average Bonchev–Trinajstić information content (AvgIpc) is 2.66. The van der Waals surface area contributed by atoms with Crippen LogP contribution >= 0.6 is 12.4 Å². The van der Waals surface area contributed by atoms with Gasteiger partial charge in [0.2, 0.25) is 0 Å². The van der Waals surface area contributed by atoms with E-state index in [1.165, 1.54) is 10.7 Å². The maximum Gasteiger partial charge on any atom is 0.149 e. The predicted molar refractivity (Wildman–Crippen MR) is 61.2 cm³/mol. The summed E-state index contributed by atoms with van der Waals surface area (Å²) in [5, 5.41) is 7.59. The Kier molecular flexibility index (Phi) is 3.98. The second-order valence-electron chi connectivity index (χ2n) is 3.31. The third-order valence-corrected chi connectivity index (χ3v) is 2.10. The number of nitrogens with two attached hydrogens (primary N) is 1. The minimum absolute atomic E-state index is 0. The van der Waals surface area contributed by atoms with Crippen LogP contribution in [0.5, 0.6) is 0 Å². The Morgan fingerprint density at radius 1 is 1.44 bits per heavy atom. The third kappa shape index (κ3) is 2.37. The quantitative estimate of drug-likeness (QED) is 0.870. The van der Waals surface area contributed by atoms with Gasteiger partial charge in [-0.1, -0.05) is 11.3 Å². The van der Waals surface area contributed by atoms with E-state index in [9.17, 15) is 4.39 Å². The average molecular weight is 243 g/mol. The number of benzene rings is 1. The van der Waals surface area contributed by atoms with Gasteiger partial charge in [-0.3, -0.25) is 0 Å². The molecule has 0 bridgehead atoms. The van der Waals surface area contributed by atoms with Gasteiger partial charge in [0.1, 0.15) is 11.5 Å². The molecule has 0 fully saturated rings. The minimum Gasteiger partial charge on any atom is -0.325 e. The van der Waals surface area contributed by atoms with Crippen LogP contribution in [0.15, 0.2) is 24.4 Å². The largest absolute Gasteiger partial charge is 0.325 e. The van der Waals surface area contributed by atoms with Crippen molar-refractivity contribution in [3.05, 3.63) is 41.5 Å². The molecular weight excluding hydrogens is 231 g/mol. The molecule has 0 aliphatic rings. The zero-order valence-corrected chi connectivity index (χ0v) is 9.54. The van der Waals surface area contributed by atoms with Gasteiger partial charge in [-0.2, -0.15) is 0 Å². The van der Waals surface area contributed by atoms with E-state index in [2.05, 4.69) is 10.3 Å². The Bertz CT molecular complexity index is 483. The summed E-state index contributed by atoms with van der Waals surface area (Å²) < 4.78 is 14.9. The van der Waals surface area contributed by atoms with Gasteiger partial charge in [0, 0.05) is 6.54 Å². The van der Waals surface area contributed by atoms with E-state index in [0.717, 1.165) is 5.56 Å². The lowest BCUT2D eigenvalue weighted by molar-refractivity contribution is 0.606. The van der Waals surface area contributed by atoms with Crippen LogP contribution in [0.2, 0.25) is 0 Å². The SMILES string of the molecule is Cc1ccc(-n2cc(CN)nn2)c(F)c1.Cl. The van der Waals surface area contributed by atoms with E-state index in [4.69, 9.17) is 5.73 Å². The van der Waals surface area contributed by atoms with Crippen molar-refractivity contribution in [1.82, 2.24) is 15.0 Å². The first kappa shape index (κ1) is 12.6. The van der Waals surface area contributed by atoms with Crippen LogP contribution in [0, 0.1) is 12.7 Å². The van der Waals surface area contributed by atoms with Gasteiger partial charge in [0.05, 0.1) is 11.9 Å². The van der Waals surface area contributed by atoms with E-state index in [-0.39, 0.29) is 18.2 Å². The Morgan fingerprint density at radius 2 is 2.19 bits per heavy atom. The molecule has 1 aromatic heterocycles. The molecule has 0 radical (unpaired) electrons. The number of aromatic nitrogens is 3. The summed E-state index contributed by atoms with van der Waals surface area (Å²) in [4.78, 5) is 0. The number of hydrogen-bond donors (Lipinski definition) is 1. The van der Waals surface area contributed by atoms with E-state index < -0.39 is 0 Å². The van der Waals surface area contributed by atoms with E-state index >= 15 is 0 Å². The van der Waals surface area contributed by atoms with E-state index in [0.29, 0.717) is 17.9 Å². The first-order valence-corrected chi connectivity index (χ1v) is 4.58. The zero-order valence-electron chi connectivity index (χ0n) is 8.72. The van der Waals surface area contributed by atoms with Gasteiger partial charge in [0.25, 0.3) is 0 Å². The van der Waals surface area contributed by atoms with Crippen LogP contribution in [0.3, 0.4) is 0 Å². The predicted octanol–water partition coefficient (Wildman–Crippen LogP) is 1.60. The van der Waals surface area contributed by atoms with Crippen molar-refractivity contribution in [2.45, 2.75) is 13.5 Å². The smallest absolute Gasteiger partial charge is 0.149 e. The molecule has 6 heteroatoms. The molecule has 16 heavy (non-hydrogen) atoms. The van der Waals surface area contributed by atoms with Crippen molar-refractivity contribution in [2.24, 2.45) is 5.73 Å². The summed E-state index contributed by atoms with van der Waals surface area (Å²) in [6.45, 7) is 2.13. The van der Waals surface area contributed by atoms with E-state index in [1.54, 1.807) is 12.3 Å². The minimum atomic E-state index is -0.316. The van der Waals surface area contributed by atoms with Crippen LogP contribution in [-0.4, -0.2) is 15.0 Å². The van der Waals surface area contributed by atoms with Crippen LogP contribution in [-0.2, 0) is 6.54 Å². The number of nitrogens with zero attached hydrogens (tertiary/aromatic N) is 3.